The van der Waals surface area contributed by atoms with Gasteiger partial charge in [0.2, 0.25) is 0 Å². The minimum atomic E-state index is 0.0298. The van der Waals surface area contributed by atoms with Gasteiger partial charge < -0.3 is 9.72 Å². The lowest BCUT2D eigenvalue weighted by Gasteiger charge is -2.14. The molecular formula is C16H18N2O2S. The van der Waals surface area contributed by atoms with Crippen molar-refractivity contribution in [3.63, 3.8) is 0 Å². The number of nitrogens with one attached hydrogen (secondary N) is 1. The Balaban J connectivity index is 1.79. The van der Waals surface area contributed by atoms with Crippen molar-refractivity contribution in [1.29, 1.82) is 0 Å². The summed E-state index contributed by atoms with van der Waals surface area (Å²) in [6.45, 7) is 0. The molecule has 1 heterocycles. The van der Waals surface area contributed by atoms with Gasteiger partial charge in [-0.3, -0.25) is 4.79 Å². The third-order valence-corrected chi connectivity index (χ3v) is 4.65. The van der Waals surface area contributed by atoms with E-state index in [1.54, 1.807) is 18.9 Å². The van der Waals surface area contributed by atoms with Gasteiger partial charge in [-0.05, 0) is 31.7 Å². The number of nitrogens with zero attached hydrogens (tertiary/aromatic N) is 1. The molecule has 3 rings (SSSR count). The predicted octanol–water partition coefficient (Wildman–Crippen LogP) is 2.95. The molecule has 21 heavy (non-hydrogen) atoms. The Hall–Kier alpha value is -1.75. The number of rotatable bonds is 4. The van der Waals surface area contributed by atoms with E-state index in [4.69, 9.17) is 4.74 Å². The second-order valence-corrected chi connectivity index (χ2v) is 6.07. The number of fused-ring (bicyclic) bond motifs is 1. The number of aryl methyl sites for hydroxylation is 1. The highest BCUT2D eigenvalue weighted by molar-refractivity contribution is 7.98. The topological polar surface area (TPSA) is 55.0 Å². The van der Waals surface area contributed by atoms with E-state index in [9.17, 15) is 4.79 Å². The van der Waals surface area contributed by atoms with Gasteiger partial charge in [-0.15, -0.1) is 0 Å². The van der Waals surface area contributed by atoms with Crippen LogP contribution in [0.25, 0.3) is 0 Å². The van der Waals surface area contributed by atoms with Crippen LogP contribution in [0.2, 0.25) is 0 Å². The molecule has 0 saturated heterocycles. The second kappa shape index (κ2) is 6.35. The number of hydrogen-bond donors (Lipinski definition) is 1. The van der Waals surface area contributed by atoms with E-state index in [1.807, 2.05) is 24.3 Å². The number of para-hydroxylation sites is 1. The van der Waals surface area contributed by atoms with E-state index in [2.05, 4.69) is 9.97 Å². The predicted molar refractivity (Wildman–Crippen MR) is 84.1 cm³/mol. The van der Waals surface area contributed by atoms with Crippen molar-refractivity contribution in [2.24, 2.45) is 0 Å². The highest BCUT2D eigenvalue weighted by Gasteiger charge is 2.15. The second-order valence-electron chi connectivity index (χ2n) is 5.10. The van der Waals surface area contributed by atoms with Gasteiger partial charge in [0, 0.05) is 16.9 Å². The van der Waals surface area contributed by atoms with E-state index in [-0.39, 0.29) is 5.56 Å². The first-order valence-electron chi connectivity index (χ1n) is 7.14. The van der Waals surface area contributed by atoms with Crippen LogP contribution in [-0.4, -0.2) is 17.1 Å². The van der Waals surface area contributed by atoms with Crippen LogP contribution in [0.5, 0.6) is 5.75 Å². The Bertz CT molecular complexity index is 697. The molecular weight excluding hydrogens is 284 g/mol. The van der Waals surface area contributed by atoms with Crippen molar-refractivity contribution >= 4 is 11.8 Å². The van der Waals surface area contributed by atoms with Crippen LogP contribution < -0.4 is 10.3 Å². The maximum atomic E-state index is 12.1. The van der Waals surface area contributed by atoms with Crippen LogP contribution in [-0.2, 0) is 18.6 Å². The Kier molecular flexibility index (Phi) is 4.29. The summed E-state index contributed by atoms with van der Waals surface area (Å²) in [5.41, 5.74) is 2.99. The fourth-order valence-corrected chi connectivity index (χ4v) is 3.49. The molecule has 0 radical (unpaired) electrons. The summed E-state index contributed by atoms with van der Waals surface area (Å²) in [6.07, 6.45) is 3.99. The van der Waals surface area contributed by atoms with Crippen LogP contribution in [0.4, 0.5) is 0 Å². The van der Waals surface area contributed by atoms with Gasteiger partial charge in [0.05, 0.1) is 12.8 Å². The third-order valence-electron chi connectivity index (χ3n) is 3.73. The zero-order chi connectivity index (χ0) is 14.7. The molecule has 110 valence electrons. The fourth-order valence-electron chi connectivity index (χ4n) is 2.62. The number of hydrogen-bond acceptors (Lipinski definition) is 4. The average Bonchev–Trinajstić information content (AvgIpc) is 2.53. The van der Waals surface area contributed by atoms with E-state index in [1.165, 1.54) is 0 Å². The van der Waals surface area contributed by atoms with E-state index in [0.29, 0.717) is 5.16 Å². The van der Waals surface area contributed by atoms with E-state index < -0.39 is 0 Å². The summed E-state index contributed by atoms with van der Waals surface area (Å²) >= 11 is 1.54. The Morgan fingerprint density at radius 1 is 1.29 bits per heavy atom. The molecule has 0 atom stereocenters. The molecule has 1 aromatic carbocycles. The minimum Gasteiger partial charge on any atom is -0.496 e. The molecule has 0 spiro atoms. The molecule has 1 aliphatic carbocycles. The molecule has 1 N–H and O–H groups in total. The maximum absolute atomic E-state index is 12.1. The summed E-state index contributed by atoms with van der Waals surface area (Å²) in [5.74, 6) is 1.59. The highest BCUT2D eigenvalue weighted by atomic mass is 32.2. The molecule has 2 aromatic rings. The molecule has 5 heteroatoms. The van der Waals surface area contributed by atoms with E-state index >= 15 is 0 Å². The number of aromatic amines is 1. The van der Waals surface area contributed by atoms with Gasteiger partial charge in [-0.25, -0.2) is 4.98 Å². The standard InChI is InChI=1S/C16H18N2O2S/c1-20-14-9-5-2-6-11(14)10-21-16-17-13-8-4-3-7-12(13)15(19)18-16/h2,5-6,9H,3-4,7-8,10H2,1H3,(H,17,18,19). The molecule has 0 saturated carbocycles. The quantitative estimate of drug-likeness (QED) is 0.697. The van der Waals surface area contributed by atoms with Crippen LogP contribution in [0.15, 0.2) is 34.2 Å². The van der Waals surface area contributed by atoms with Crippen LogP contribution >= 0.6 is 11.8 Å². The SMILES string of the molecule is COc1ccccc1CSc1nc2c(c(=O)[nH]1)CCCC2. The first-order chi connectivity index (χ1) is 10.3. The van der Waals surface area contributed by atoms with Crippen molar-refractivity contribution in [3.05, 3.63) is 51.4 Å². The smallest absolute Gasteiger partial charge is 0.254 e. The van der Waals surface area contributed by atoms with E-state index in [0.717, 1.165) is 54.0 Å². The fraction of sp³-hybridized carbons (Fsp3) is 0.375. The van der Waals surface area contributed by atoms with Crippen molar-refractivity contribution in [3.8, 4) is 5.75 Å². The molecule has 1 aromatic heterocycles. The van der Waals surface area contributed by atoms with Crippen LogP contribution in [0, 0.1) is 0 Å². The minimum absolute atomic E-state index is 0.0298. The lowest BCUT2D eigenvalue weighted by atomic mass is 9.97. The largest absolute Gasteiger partial charge is 0.496 e. The lowest BCUT2D eigenvalue weighted by molar-refractivity contribution is 0.411. The monoisotopic (exact) mass is 302 g/mol. The molecule has 4 nitrogen and oxygen atoms in total. The molecule has 1 aliphatic rings. The molecule has 0 aliphatic heterocycles. The van der Waals surface area contributed by atoms with Gasteiger partial charge >= 0.3 is 0 Å². The summed E-state index contributed by atoms with van der Waals surface area (Å²) in [4.78, 5) is 19.6. The Morgan fingerprint density at radius 3 is 2.95 bits per heavy atom. The van der Waals surface area contributed by atoms with Crippen molar-refractivity contribution in [1.82, 2.24) is 9.97 Å². The zero-order valence-electron chi connectivity index (χ0n) is 12.0. The summed E-state index contributed by atoms with van der Waals surface area (Å²) in [5, 5.41) is 0.701. The highest BCUT2D eigenvalue weighted by Crippen LogP contribution is 2.26. The van der Waals surface area contributed by atoms with Gasteiger partial charge in [0.25, 0.3) is 5.56 Å². The lowest BCUT2D eigenvalue weighted by Crippen LogP contribution is -2.21. The molecule has 0 fully saturated rings. The summed E-state index contributed by atoms with van der Waals surface area (Å²) in [6, 6.07) is 7.91. The number of thioether (sulfide) groups is 1. The van der Waals surface area contributed by atoms with Gasteiger partial charge in [-0.1, -0.05) is 30.0 Å². The van der Waals surface area contributed by atoms with Gasteiger partial charge in [-0.2, -0.15) is 0 Å². The van der Waals surface area contributed by atoms with Crippen molar-refractivity contribution < 1.29 is 4.74 Å². The third kappa shape index (κ3) is 3.13. The first-order valence-corrected chi connectivity index (χ1v) is 8.13. The number of aromatic nitrogens is 2. The molecule has 0 amide bonds. The Morgan fingerprint density at radius 2 is 2.10 bits per heavy atom. The maximum Gasteiger partial charge on any atom is 0.254 e. The van der Waals surface area contributed by atoms with Crippen molar-refractivity contribution in [2.45, 2.75) is 36.6 Å². The van der Waals surface area contributed by atoms with Crippen molar-refractivity contribution in [2.75, 3.05) is 7.11 Å². The average molecular weight is 302 g/mol. The normalized spacial score (nSPS) is 13.8. The summed E-state index contributed by atoms with van der Waals surface area (Å²) in [7, 11) is 1.67. The molecule has 0 bridgehead atoms. The first kappa shape index (κ1) is 14.2. The van der Waals surface area contributed by atoms with Gasteiger partial charge in [0.15, 0.2) is 5.16 Å². The number of methoxy groups -OCH3 is 1. The Labute approximate surface area is 128 Å². The molecule has 0 unspecified atom stereocenters. The number of ether oxygens (including phenoxy) is 1. The number of H-pyrrole nitrogens is 1. The van der Waals surface area contributed by atoms with Crippen LogP contribution in [0.3, 0.4) is 0 Å². The van der Waals surface area contributed by atoms with Crippen LogP contribution in [0.1, 0.15) is 29.7 Å². The van der Waals surface area contributed by atoms with Gasteiger partial charge in [0.1, 0.15) is 5.75 Å². The summed E-state index contributed by atoms with van der Waals surface area (Å²) < 4.78 is 5.34. The number of benzene rings is 1. The zero-order valence-corrected chi connectivity index (χ0v) is 12.8.